The first-order valence-corrected chi connectivity index (χ1v) is 10.0. The summed E-state index contributed by atoms with van der Waals surface area (Å²) >= 11 is 1.60. The minimum atomic E-state index is 0.160. The Balaban J connectivity index is 1.37. The van der Waals surface area contributed by atoms with Gasteiger partial charge in [-0.3, -0.25) is 4.79 Å². The van der Waals surface area contributed by atoms with Gasteiger partial charge in [0.15, 0.2) is 0 Å². The van der Waals surface area contributed by atoms with Gasteiger partial charge in [0.2, 0.25) is 5.91 Å². The molecule has 3 fully saturated rings. The standard InChI is InChI=1S/C18H25N5OS/c1-14-19-5-8-22(14)7-2-6-21-9-15-3-4-17(11-21)23(18(15)24)10-16-12-25-13-20-16/h5,8,12-13,15,17H,2-4,6-7,9-11H2,1H3/t15-,17+/m0/s1. The third kappa shape index (κ3) is 3.62. The number of rotatable bonds is 6. The largest absolute Gasteiger partial charge is 0.335 e. The van der Waals surface area contributed by atoms with E-state index >= 15 is 0 Å². The van der Waals surface area contributed by atoms with Crippen LogP contribution in [0.3, 0.4) is 0 Å². The molecule has 5 rings (SSSR count). The average molecular weight is 359 g/mol. The average Bonchev–Trinajstić information content (AvgIpc) is 3.18. The maximum Gasteiger partial charge on any atom is 0.227 e. The molecule has 3 aliphatic heterocycles. The van der Waals surface area contributed by atoms with Crippen molar-refractivity contribution < 1.29 is 4.79 Å². The number of aryl methyl sites for hydroxylation is 2. The molecule has 3 saturated heterocycles. The summed E-state index contributed by atoms with van der Waals surface area (Å²) in [5.41, 5.74) is 2.87. The summed E-state index contributed by atoms with van der Waals surface area (Å²) in [7, 11) is 0. The molecule has 2 aromatic rings. The highest BCUT2D eigenvalue weighted by atomic mass is 32.1. The second-order valence-corrected chi connectivity index (χ2v) is 7.87. The van der Waals surface area contributed by atoms with Crippen molar-refractivity contribution in [1.82, 2.24) is 24.3 Å². The van der Waals surface area contributed by atoms with Crippen LogP contribution in [0.15, 0.2) is 23.3 Å². The Kier molecular flexibility index (Phi) is 4.85. The number of imidazole rings is 1. The summed E-state index contributed by atoms with van der Waals surface area (Å²) in [6, 6.07) is 0.336. The van der Waals surface area contributed by atoms with Gasteiger partial charge in [0, 0.05) is 43.4 Å². The van der Waals surface area contributed by atoms with E-state index in [9.17, 15) is 4.79 Å². The molecule has 1 amide bonds. The number of carbonyl (C=O) groups is 1. The molecule has 0 saturated carbocycles. The normalized spacial score (nSPS) is 24.0. The van der Waals surface area contributed by atoms with Gasteiger partial charge in [-0.25, -0.2) is 9.97 Å². The van der Waals surface area contributed by atoms with E-state index in [2.05, 4.69) is 29.7 Å². The van der Waals surface area contributed by atoms with Gasteiger partial charge in [-0.1, -0.05) is 0 Å². The number of carbonyl (C=O) groups excluding carboxylic acids is 1. The second-order valence-electron chi connectivity index (χ2n) is 7.15. The van der Waals surface area contributed by atoms with Gasteiger partial charge >= 0.3 is 0 Å². The van der Waals surface area contributed by atoms with Crippen LogP contribution in [0.1, 0.15) is 30.8 Å². The van der Waals surface area contributed by atoms with E-state index in [1.54, 1.807) is 11.3 Å². The van der Waals surface area contributed by atoms with E-state index < -0.39 is 0 Å². The number of piperidine rings is 1. The minimum absolute atomic E-state index is 0.160. The number of fused-ring (bicyclic) bond motifs is 4. The van der Waals surface area contributed by atoms with Crippen LogP contribution in [0, 0.1) is 12.8 Å². The lowest BCUT2D eigenvalue weighted by Crippen LogP contribution is -2.47. The molecule has 0 spiro atoms. The molecule has 0 N–H and O–H groups in total. The van der Waals surface area contributed by atoms with Crippen molar-refractivity contribution in [3.8, 4) is 0 Å². The van der Waals surface area contributed by atoms with Crippen LogP contribution in [0.4, 0.5) is 0 Å². The van der Waals surface area contributed by atoms with Crippen molar-refractivity contribution >= 4 is 17.2 Å². The summed E-state index contributed by atoms with van der Waals surface area (Å²) in [6.07, 6.45) is 7.15. The Bertz CT molecular complexity index is 713. The van der Waals surface area contributed by atoms with Crippen LogP contribution in [0.25, 0.3) is 0 Å². The van der Waals surface area contributed by atoms with Gasteiger partial charge in [-0.2, -0.15) is 0 Å². The lowest BCUT2D eigenvalue weighted by atomic mass is 9.94. The highest BCUT2D eigenvalue weighted by molar-refractivity contribution is 7.07. The molecule has 0 aliphatic carbocycles. The number of amides is 1. The predicted molar refractivity (Wildman–Crippen MR) is 97.2 cm³/mol. The Hall–Kier alpha value is -1.73. The van der Waals surface area contributed by atoms with Gasteiger partial charge in [0.1, 0.15) is 5.82 Å². The fraction of sp³-hybridized carbons (Fsp3) is 0.611. The summed E-state index contributed by atoms with van der Waals surface area (Å²) in [5, 5.41) is 2.05. The van der Waals surface area contributed by atoms with E-state index in [0.717, 1.165) is 57.0 Å². The van der Waals surface area contributed by atoms with Crippen molar-refractivity contribution in [3.63, 3.8) is 0 Å². The van der Waals surface area contributed by atoms with Crippen molar-refractivity contribution in [2.45, 2.75) is 45.3 Å². The second kappa shape index (κ2) is 7.25. The fourth-order valence-corrected chi connectivity index (χ4v) is 4.66. The number of nitrogens with zero attached hydrogens (tertiary/aromatic N) is 5. The monoisotopic (exact) mass is 359 g/mol. The number of hydrogen-bond acceptors (Lipinski definition) is 5. The molecule has 6 nitrogen and oxygen atoms in total. The first-order chi connectivity index (χ1) is 12.2. The third-order valence-electron chi connectivity index (χ3n) is 5.48. The highest BCUT2D eigenvalue weighted by Gasteiger charge is 2.40. The quantitative estimate of drug-likeness (QED) is 0.793. The van der Waals surface area contributed by atoms with Gasteiger partial charge in [0.25, 0.3) is 0 Å². The Morgan fingerprint density at radius 1 is 1.24 bits per heavy atom. The summed E-state index contributed by atoms with van der Waals surface area (Å²) in [5.74, 6) is 1.56. The SMILES string of the molecule is Cc1nccn1CCCN1C[C@@H]2CC[C@H](C1)N(Cc1cscn1)C2=O. The highest BCUT2D eigenvalue weighted by Crippen LogP contribution is 2.30. The first-order valence-electron chi connectivity index (χ1n) is 9.08. The third-order valence-corrected chi connectivity index (χ3v) is 6.12. The van der Waals surface area contributed by atoms with Gasteiger partial charge in [0.05, 0.1) is 23.7 Å². The van der Waals surface area contributed by atoms with Crippen molar-refractivity contribution in [3.05, 3.63) is 34.8 Å². The number of thiazole rings is 1. The lowest BCUT2D eigenvalue weighted by Gasteiger charge is -2.35. The van der Waals surface area contributed by atoms with Crippen LogP contribution in [0.2, 0.25) is 0 Å². The molecule has 0 unspecified atom stereocenters. The molecular weight excluding hydrogens is 334 g/mol. The van der Waals surface area contributed by atoms with Crippen molar-refractivity contribution in [2.24, 2.45) is 5.92 Å². The van der Waals surface area contributed by atoms with E-state index in [-0.39, 0.29) is 5.92 Å². The van der Waals surface area contributed by atoms with Crippen molar-refractivity contribution in [1.29, 1.82) is 0 Å². The fourth-order valence-electron chi connectivity index (χ4n) is 4.12. The number of aromatic nitrogens is 3. The lowest BCUT2D eigenvalue weighted by molar-refractivity contribution is -0.140. The maximum atomic E-state index is 12.8. The van der Waals surface area contributed by atoms with E-state index in [1.165, 1.54) is 0 Å². The predicted octanol–water partition coefficient (Wildman–Crippen LogP) is 2.16. The van der Waals surface area contributed by atoms with Gasteiger partial charge < -0.3 is 14.4 Å². The Morgan fingerprint density at radius 2 is 2.16 bits per heavy atom. The molecule has 2 aromatic heterocycles. The van der Waals surface area contributed by atoms with E-state index in [1.807, 2.05) is 24.8 Å². The van der Waals surface area contributed by atoms with Crippen LogP contribution >= 0.6 is 11.3 Å². The van der Waals surface area contributed by atoms with Gasteiger partial charge in [-0.15, -0.1) is 11.3 Å². The number of hydrogen-bond donors (Lipinski definition) is 0. The van der Waals surface area contributed by atoms with Crippen LogP contribution in [-0.2, 0) is 17.9 Å². The molecule has 3 aliphatic rings. The Morgan fingerprint density at radius 3 is 2.92 bits per heavy atom. The zero-order valence-corrected chi connectivity index (χ0v) is 15.5. The van der Waals surface area contributed by atoms with Crippen molar-refractivity contribution in [2.75, 3.05) is 19.6 Å². The summed E-state index contributed by atoms with van der Waals surface area (Å²) in [4.78, 5) is 26.1. The molecule has 5 heterocycles. The van der Waals surface area contributed by atoms with Gasteiger partial charge in [-0.05, 0) is 32.7 Å². The molecular formula is C18H25N5OS. The summed E-state index contributed by atoms with van der Waals surface area (Å²) < 4.78 is 2.20. The molecule has 2 atom stereocenters. The Labute approximate surface area is 152 Å². The molecule has 25 heavy (non-hydrogen) atoms. The zero-order chi connectivity index (χ0) is 17.2. The van der Waals surface area contributed by atoms with Crippen LogP contribution < -0.4 is 0 Å². The van der Waals surface area contributed by atoms with Crippen LogP contribution in [-0.4, -0.2) is 55.9 Å². The molecule has 7 heteroatoms. The smallest absolute Gasteiger partial charge is 0.227 e. The molecule has 134 valence electrons. The maximum absolute atomic E-state index is 12.8. The molecule has 0 aromatic carbocycles. The topological polar surface area (TPSA) is 54.3 Å². The molecule has 0 radical (unpaired) electrons. The zero-order valence-electron chi connectivity index (χ0n) is 14.7. The van der Waals surface area contributed by atoms with E-state index in [0.29, 0.717) is 18.5 Å². The minimum Gasteiger partial charge on any atom is -0.335 e. The summed E-state index contributed by atoms with van der Waals surface area (Å²) in [6.45, 7) is 6.66. The van der Waals surface area contributed by atoms with E-state index in [4.69, 9.17) is 0 Å². The molecule has 2 bridgehead atoms. The first kappa shape index (κ1) is 16.7. The van der Waals surface area contributed by atoms with Crippen LogP contribution in [0.5, 0.6) is 0 Å².